The Bertz CT molecular complexity index is 373. The monoisotopic (exact) mass is 299 g/mol. The van der Waals surface area contributed by atoms with E-state index in [4.69, 9.17) is 11.6 Å². The van der Waals surface area contributed by atoms with Gasteiger partial charge in [-0.25, -0.2) is 0 Å². The number of benzene rings is 1. The van der Waals surface area contributed by atoms with E-state index in [2.05, 4.69) is 44.5 Å². The normalized spacial score (nSPS) is 13.5. The molecule has 1 aromatic carbocycles. The van der Waals surface area contributed by atoms with E-state index >= 15 is 0 Å². The second-order valence-electron chi connectivity index (χ2n) is 6.11. The fourth-order valence-corrected chi connectivity index (χ4v) is 2.79. The van der Waals surface area contributed by atoms with E-state index in [1.807, 2.05) is 23.9 Å². The van der Waals surface area contributed by atoms with Crippen LogP contribution in [0.5, 0.6) is 0 Å². The van der Waals surface area contributed by atoms with Crippen molar-refractivity contribution in [2.75, 3.05) is 18.6 Å². The van der Waals surface area contributed by atoms with Gasteiger partial charge in [-0.15, -0.1) is 0 Å². The molecule has 0 spiro atoms. The van der Waals surface area contributed by atoms with Crippen molar-refractivity contribution in [2.24, 2.45) is 5.92 Å². The summed E-state index contributed by atoms with van der Waals surface area (Å²) in [4.78, 5) is 0. The third kappa shape index (κ3) is 7.86. The van der Waals surface area contributed by atoms with Crippen LogP contribution in [0.4, 0.5) is 0 Å². The van der Waals surface area contributed by atoms with E-state index in [1.165, 1.54) is 17.7 Å². The molecule has 19 heavy (non-hydrogen) atoms. The van der Waals surface area contributed by atoms with Gasteiger partial charge in [-0.1, -0.05) is 23.7 Å². The number of hydrogen-bond acceptors (Lipinski definition) is 2. The highest BCUT2D eigenvalue weighted by Crippen LogP contribution is 2.18. The second kappa shape index (κ2) is 8.18. The highest BCUT2D eigenvalue weighted by Gasteiger charge is 2.14. The molecule has 0 aliphatic carbocycles. The summed E-state index contributed by atoms with van der Waals surface area (Å²) in [6, 6.07) is 8.25. The van der Waals surface area contributed by atoms with E-state index in [0.29, 0.717) is 5.92 Å². The van der Waals surface area contributed by atoms with E-state index in [9.17, 15) is 0 Å². The molecule has 1 aromatic rings. The maximum Gasteiger partial charge on any atom is 0.0408 e. The summed E-state index contributed by atoms with van der Waals surface area (Å²) in [7, 11) is 0. The minimum atomic E-state index is 0.186. The molecule has 0 fully saturated rings. The van der Waals surface area contributed by atoms with Crippen LogP contribution in [0.1, 0.15) is 32.8 Å². The topological polar surface area (TPSA) is 12.0 Å². The third-order valence-corrected chi connectivity index (χ3v) is 3.94. The quantitative estimate of drug-likeness (QED) is 0.787. The first-order valence-electron chi connectivity index (χ1n) is 6.89. The Morgan fingerprint density at radius 2 is 2.05 bits per heavy atom. The van der Waals surface area contributed by atoms with Crippen LogP contribution >= 0.6 is 23.4 Å². The first-order valence-corrected chi connectivity index (χ1v) is 8.66. The summed E-state index contributed by atoms with van der Waals surface area (Å²) in [6.45, 7) is 7.73. The Hall–Kier alpha value is -0.180. The van der Waals surface area contributed by atoms with E-state index in [0.717, 1.165) is 18.0 Å². The van der Waals surface area contributed by atoms with Crippen molar-refractivity contribution < 1.29 is 0 Å². The average Bonchev–Trinajstić information content (AvgIpc) is 2.31. The van der Waals surface area contributed by atoms with Crippen LogP contribution in [0.2, 0.25) is 5.02 Å². The Kier molecular flexibility index (Phi) is 7.27. The molecule has 1 rings (SSSR count). The lowest BCUT2D eigenvalue weighted by Crippen LogP contribution is -2.39. The predicted molar refractivity (Wildman–Crippen MR) is 89.4 cm³/mol. The van der Waals surface area contributed by atoms with Gasteiger partial charge in [0.1, 0.15) is 0 Å². The van der Waals surface area contributed by atoms with E-state index in [-0.39, 0.29) is 5.54 Å². The molecule has 0 aliphatic heterocycles. The Morgan fingerprint density at radius 3 is 2.63 bits per heavy atom. The van der Waals surface area contributed by atoms with Crippen LogP contribution in [0.15, 0.2) is 24.3 Å². The zero-order valence-corrected chi connectivity index (χ0v) is 14.1. The minimum Gasteiger partial charge on any atom is -0.312 e. The standard InChI is InChI=1S/C16H26ClNS/c1-16(2,3)18-12-14(8-9-19-4)10-13-6-5-7-15(17)11-13/h5-7,11,14,18H,8-10,12H2,1-4H3. The molecule has 1 unspecified atom stereocenters. The summed E-state index contributed by atoms with van der Waals surface area (Å²) >= 11 is 7.99. The molecule has 0 aliphatic rings. The summed E-state index contributed by atoms with van der Waals surface area (Å²) in [5.41, 5.74) is 1.53. The number of hydrogen-bond donors (Lipinski definition) is 1. The van der Waals surface area contributed by atoms with Crippen molar-refractivity contribution in [3.63, 3.8) is 0 Å². The van der Waals surface area contributed by atoms with Crippen molar-refractivity contribution >= 4 is 23.4 Å². The smallest absolute Gasteiger partial charge is 0.0408 e. The fraction of sp³-hybridized carbons (Fsp3) is 0.625. The SMILES string of the molecule is CSCCC(CNC(C)(C)C)Cc1cccc(Cl)c1. The molecule has 0 saturated heterocycles. The van der Waals surface area contributed by atoms with Crippen LogP contribution in [-0.2, 0) is 6.42 Å². The summed E-state index contributed by atoms with van der Waals surface area (Å²) in [5.74, 6) is 1.89. The van der Waals surface area contributed by atoms with Gasteiger partial charge in [0.2, 0.25) is 0 Å². The van der Waals surface area contributed by atoms with Crippen molar-refractivity contribution in [3.8, 4) is 0 Å². The molecule has 1 nitrogen and oxygen atoms in total. The van der Waals surface area contributed by atoms with E-state index < -0.39 is 0 Å². The lowest BCUT2D eigenvalue weighted by molar-refractivity contribution is 0.364. The Balaban J connectivity index is 2.58. The molecular weight excluding hydrogens is 274 g/mol. The molecule has 3 heteroatoms. The van der Waals surface area contributed by atoms with Gasteiger partial charge in [0.05, 0.1) is 0 Å². The lowest BCUT2D eigenvalue weighted by Gasteiger charge is -2.25. The van der Waals surface area contributed by atoms with Gasteiger partial charge in [0, 0.05) is 10.6 Å². The number of rotatable bonds is 7. The molecule has 0 bridgehead atoms. The molecule has 0 radical (unpaired) electrons. The molecule has 108 valence electrons. The average molecular weight is 300 g/mol. The lowest BCUT2D eigenvalue weighted by atomic mass is 9.95. The minimum absolute atomic E-state index is 0.186. The predicted octanol–water partition coefficient (Wildman–Crippen LogP) is 4.64. The van der Waals surface area contributed by atoms with Gasteiger partial charge in [-0.3, -0.25) is 0 Å². The van der Waals surface area contributed by atoms with Crippen molar-refractivity contribution in [3.05, 3.63) is 34.9 Å². The third-order valence-electron chi connectivity index (χ3n) is 3.06. The van der Waals surface area contributed by atoms with E-state index in [1.54, 1.807) is 0 Å². The molecule has 1 N–H and O–H groups in total. The molecule has 1 atom stereocenters. The summed E-state index contributed by atoms with van der Waals surface area (Å²) < 4.78 is 0. The number of halogens is 1. The van der Waals surface area contributed by atoms with Crippen LogP contribution in [0.3, 0.4) is 0 Å². The zero-order valence-electron chi connectivity index (χ0n) is 12.5. The number of nitrogens with one attached hydrogen (secondary N) is 1. The first-order chi connectivity index (χ1) is 8.90. The summed E-state index contributed by atoms with van der Waals surface area (Å²) in [5, 5.41) is 4.46. The second-order valence-corrected chi connectivity index (χ2v) is 7.53. The molecule has 0 amide bonds. The molecule has 0 saturated carbocycles. The zero-order chi connectivity index (χ0) is 14.3. The Labute approximate surface area is 127 Å². The summed E-state index contributed by atoms with van der Waals surface area (Å²) in [6.07, 6.45) is 4.52. The Morgan fingerprint density at radius 1 is 1.32 bits per heavy atom. The van der Waals surface area contributed by atoms with Crippen LogP contribution in [0.25, 0.3) is 0 Å². The molecule has 0 heterocycles. The fourth-order valence-electron chi connectivity index (χ4n) is 2.01. The van der Waals surface area contributed by atoms with Gasteiger partial charge in [-0.2, -0.15) is 11.8 Å². The van der Waals surface area contributed by atoms with Crippen molar-refractivity contribution in [1.29, 1.82) is 0 Å². The van der Waals surface area contributed by atoms with Gasteiger partial charge < -0.3 is 5.32 Å². The van der Waals surface area contributed by atoms with Crippen molar-refractivity contribution in [1.82, 2.24) is 5.32 Å². The van der Waals surface area contributed by atoms with Gasteiger partial charge in [0.15, 0.2) is 0 Å². The maximum absolute atomic E-state index is 6.06. The largest absolute Gasteiger partial charge is 0.312 e. The maximum atomic E-state index is 6.06. The van der Waals surface area contributed by atoms with Crippen molar-refractivity contribution in [2.45, 2.75) is 39.2 Å². The van der Waals surface area contributed by atoms with Gasteiger partial charge >= 0.3 is 0 Å². The van der Waals surface area contributed by atoms with Gasteiger partial charge in [-0.05, 0) is 75.8 Å². The van der Waals surface area contributed by atoms with Gasteiger partial charge in [0.25, 0.3) is 0 Å². The highest BCUT2D eigenvalue weighted by molar-refractivity contribution is 7.98. The van der Waals surface area contributed by atoms with Crippen LogP contribution < -0.4 is 5.32 Å². The molecular formula is C16H26ClNS. The molecule has 0 aromatic heterocycles. The first kappa shape index (κ1) is 16.9. The number of thioether (sulfide) groups is 1. The highest BCUT2D eigenvalue weighted by atomic mass is 35.5. The van der Waals surface area contributed by atoms with Crippen LogP contribution in [0, 0.1) is 5.92 Å². The van der Waals surface area contributed by atoms with Crippen LogP contribution in [-0.4, -0.2) is 24.1 Å².